The number of hydrogen-bond acceptors (Lipinski definition) is 2. The van der Waals surface area contributed by atoms with Crippen molar-refractivity contribution >= 4 is 5.78 Å². The molecule has 0 amide bonds. The number of nitrogens with zero attached hydrogens (tertiary/aromatic N) is 1. The predicted octanol–water partition coefficient (Wildman–Crippen LogP) is 2.19. The van der Waals surface area contributed by atoms with Gasteiger partial charge in [-0.25, -0.2) is 0 Å². The summed E-state index contributed by atoms with van der Waals surface area (Å²) in [5, 5.41) is 0. The van der Waals surface area contributed by atoms with Crippen LogP contribution in [0.2, 0.25) is 0 Å². The van der Waals surface area contributed by atoms with Gasteiger partial charge < -0.3 is 0 Å². The fraction of sp³-hybridized carbons (Fsp3) is 0.917. The summed E-state index contributed by atoms with van der Waals surface area (Å²) in [6.07, 6.45) is 1.31. The number of hydrogen-bond donors (Lipinski definition) is 0. The summed E-state index contributed by atoms with van der Waals surface area (Å²) in [4.78, 5) is 13.9. The van der Waals surface area contributed by atoms with Crippen molar-refractivity contribution in [3.8, 4) is 0 Å². The van der Waals surface area contributed by atoms with Crippen molar-refractivity contribution in [3.63, 3.8) is 0 Å². The van der Waals surface area contributed by atoms with Gasteiger partial charge in [0.15, 0.2) is 0 Å². The molecule has 0 radical (unpaired) electrons. The highest BCUT2D eigenvalue weighted by atomic mass is 16.1. The van der Waals surface area contributed by atoms with E-state index in [1.54, 1.807) is 0 Å². The number of ketones is 1. The van der Waals surface area contributed by atoms with Gasteiger partial charge in [-0.15, -0.1) is 0 Å². The summed E-state index contributed by atoms with van der Waals surface area (Å²) in [5.41, 5.74) is 0. The number of likely N-dealkylation sites (tertiary alicyclic amines) is 1. The van der Waals surface area contributed by atoms with Gasteiger partial charge in [0.25, 0.3) is 0 Å². The molecule has 2 heteroatoms. The molecule has 2 nitrogen and oxygen atoms in total. The molecule has 0 aliphatic carbocycles. The molecule has 0 spiro atoms. The Kier molecular flexibility index (Phi) is 4.11. The van der Waals surface area contributed by atoms with Crippen molar-refractivity contribution in [2.45, 2.75) is 34.1 Å². The van der Waals surface area contributed by atoms with E-state index in [9.17, 15) is 4.79 Å². The molecular formula is C12H23NO. The van der Waals surface area contributed by atoms with Gasteiger partial charge in [0.1, 0.15) is 5.78 Å². The molecule has 0 bridgehead atoms. The molecule has 1 rings (SSSR count). The van der Waals surface area contributed by atoms with Gasteiger partial charge in [0.2, 0.25) is 0 Å². The van der Waals surface area contributed by atoms with Crippen LogP contribution >= 0.6 is 0 Å². The summed E-state index contributed by atoms with van der Waals surface area (Å²) in [5.74, 6) is 2.06. The summed E-state index contributed by atoms with van der Waals surface area (Å²) >= 11 is 0. The first-order valence-electron chi connectivity index (χ1n) is 5.74. The maximum absolute atomic E-state index is 11.6. The number of piperidine rings is 1. The summed E-state index contributed by atoms with van der Waals surface area (Å²) in [7, 11) is 0. The van der Waals surface area contributed by atoms with Gasteiger partial charge in [-0.1, -0.05) is 27.7 Å². The topological polar surface area (TPSA) is 20.3 Å². The van der Waals surface area contributed by atoms with Crippen LogP contribution < -0.4 is 0 Å². The van der Waals surface area contributed by atoms with Crippen LogP contribution in [0.3, 0.4) is 0 Å². The molecule has 14 heavy (non-hydrogen) atoms. The number of carbonyl (C=O) groups is 1. The smallest absolute Gasteiger partial charge is 0.149 e. The van der Waals surface area contributed by atoms with E-state index in [1.165, 1.54) is 6.42 Å². The van der Waals surface area contributed by atoms with Crippen LogP contribution in [0.25, 0.3) is 0 Å². The fourth-order valence-electron chi connectivity index (χ4n) is 2.32. The van der Waals surface area contributed by atoms with Gasteiger partial charge in [-0.05, 0) is 18.3 Å². The Morgan fingerprint density at radius 1 is 1.29 bits per heavy atom. The number of carbonyl (C=O) groups excluding carboxylic acids is 1. The van der Waals surface area contributed by atoms with Crippen LogP contribution in [-0.4, -0.2) is 30.3 Å². The molecule has 1 heterocycles. The van der Waals surface area contributed by atoms with Crippen LogP contribution in [0.15, 0.2) is 0 Å². The van der Waals surface area contributed by atoms with Crippen molar-refractivity contribution in [2.75, 3.05) is 19.6 Å². The number of Topliss-reactive ketones (excluding diaryl/α,β-unsaturated/α-hetero) is 1. The van der Waals surface area contributed by atoms with E-state index >= 15 is 0 Å². The van der Waals surface area contributed by atoms with Crippen LogP contribution in [-0.2, 0) is 4.79 Å². The zero-order valence-corrected chi connectivity index (χ0v) is 9.92. The molecule has 1 fully saturated rings. The predicted molar refractivity (Wildman–Crippen MR) is 59.2 cm³/mol. The zero-order valence-electron chi connectivity index (χ0n) is 9.92. The third-order valence-electron chi connectivity index (χ3n) is 2.97. The first-order valence-corrected chi connectivity index (χ1v) is 5.74. The summed E-state index contributed by atoms with van der Waals surface area (Å²) in [6.45, 7) is 11.4. The Balaban J connectivity index is 2.40. The molecule has 0 aromatic rings. The summed E-state index contributed by atoms with van der Waals surface area (Å²) in [6, 6.07) is 0. The second-order valence-electron chi connectivity index (χ2n) is 5.26. The minimum atomic E-state index is 0.183. The molecule has 2 unspecified atom stereocenters. The molecule has 0 aromatic heterocycles. The highest BCUT2D eigenvalue weighted by Crippen LogP contribution is 2.20. The largest absolute Gasteiger partial charge is 0.298 e. The Morgan fingerprint density at radius 3 is 2.21 bits per heavy atom. The van der Waals surface area contributed by atoms with Crippen LogP contribution in [0.4, 0.5) is 0 Å². The van der Waals surface area contributed by atoms with Crippen molar-refractivity contribution in [3.05, 3.63) is 0 Å². The highest BCUT2D eigenvalue weighted by Gasteiger charge is 2.23. The molecule has 0 aromatic carbocycles. The lowest BCUT2D eigenvalue weighted by atomic mass is 9.91. The van der Waals surface area contributed by atoms with Gasteiger partial charge in [-0.3, -0.25) is 9.69 Å². The molecule has 82 valence electrons. The Labute approximate surface area is 87.7 Å². The second kappa shape index (κ2) is 4.92. The van der Waals surface area contributed by atoms with E-state index in [4.69, 9.17) is 0 Å². The van der Waals surface area contributed by atoms with Crippen LogP contribution in [0.1, 0.15) is 34.1 Å². The van der Waals surface area contributed by atoms with Crippen LogP contribution in [0.5, 0.6) is 0 Å². The minimum Gasteiger partial charge on any atom is -0.298 e. The quantitative estimate of drug-likeness (QED) is 0.691. The van der Waals surface area contributed by atoms with Crippen molar-refractivity contribution in [2.24, 2.45) is 17.8 Å². The lowest BCUT2D eigenvalue weighted by molar-refractivity contribution is -0.123. The van der Waals surface area contributed by atoms with E-state index in [-0.39, 0.29) is 5.92 Å². The molecular weight excluding hydrogens is 174 g/mol. The molecule has 2 atom stereocenters. The monoisotopic (exact) mass is 197 g/mol. The maximum atomic E-state index is 11.6. The lowest BCUT2D eigenvalue weighted by Gasteiger charge is -2.34. The van der Waals surface area contributed by atoms with Crippen molar-refractivity contribution in [1.29, 1.82) is 0 Å². The van der Waals surface area contributed by atoms with E-state index in [1.807, 2.05) is 13.8 Å². The average molecular weight is 197 g/mol. The van der Waals surface area contributed by atoms with E-state index in [2.05, 4.69) is 18.7 Å². The third kappa shape index (κ3) is 3.41. The third-order valence-corrected chi connectivity index (χ3v) is 2.97. The number of rotatable bonds is 3. The maximum Gasteiger partial charge on any atom is 0.149 e. The lowest BCUT2D eigenvalue weighted by Crippen LogP contribution is -2.42. The molecule has 0 saturated carbocycles. The van der Waals surface area contributed by atoms with Gasteiger partial charge in [0, 0.05) is 19.0 Å². The van der Waals surface area contributed by atoms with Gasteiger partial charge in [0.05, 0.1) is 6.54 Å². The molecule has 1 aliphatic rings. The molecule has 1 saturated heterocycles. The van der Waals surface area contributed by atoms with Crippen LogP contribution in [0, 0.1) is 17.8 Å². The Bertz CT molecular complexity index is 190. The molecule has 1 aliphatic heterocycles. The molecule has 0 N–H and O–H groups in total. The van der Waals surface area contributed by atoms with E-state index in [0.29, 0.717) is 12.3 Å². The van der Waals surface area contributed by atoms with Gasteiger partial charge >= 0.3 is 0 Å². The van der Waals surface area contributed by atoms with E-state index in [0.717, 1.165) is 24.9 Å². The normalized spacial score (nSPS) is 29.5. The highest BCUT2D eigenvalue weighted by molar-refractivity contribution is 5.82. The van der Waals surface area contributed by atoms with E-state index < -0.39 is 0 Å². The first-order chi connectivity index (χ1) is 6.49. The SMILES string of the molecule is CC1CC(C)CN(CC(=O)C(C)C)C1. The van der Waals surface area contributed by atoms with Crippen molar-refractivity contribution in [1.82, 2.24) is 4.90 Å². The Hall–Kier alpha value is -0.370. The standard InChI is InChI=1S/C12H23NO/c1-9(2)12(14)8-13-6-10(3)5-11(4)7-13/h9-11H,5-8H2,1-4H3. The van der Waals surface area contributed by atoms with Crippen molar-refractivity contribution < 1.29 is 4.79 Å². The van der Waals surface area contributed by atoms with Gasteiger partial charge in [-0.2, -0.15) is 0 Å². The average Bonchev–Trinajstić information content (AvgIpc) is 2.01. The first kappa shape index (κ1) is 11.7. The minimum absolute atomic E-state index is 0.183. The summed E-state index contributed by atoms with van der Waals surface area (Å²) < 4.78 is 0. The fourth-order valence-corrected chi connectivity index (χ4v) is 2.32. The zero-order chi connectivity index (χ0) is 10.7. The Morgan fingerprint density at radius 2 is 1.79 bits per heavy atom. The second-order valence-corrected chi connectivity index (χ2v) is 5.26.